The zero-order valence-electron chi connectivity index (χ0n) is 8.98. The van der Waals surface area contributed by atoms with Crippen LogP contribution in [-0.4, -0.2) is 0 Å². The van der Waals surface area contributed by atoms with Gasteiger partial charge in [0, 0.05) is 11.1 Å². The molecule has 0 aliphatic carbocycles. The van der Waals surface area contributed by atoms with E-state index in [1.807, 2.05) is 0 Å². The van der Waals surface area contributed by atoms with E-state index in [4.69, 9.17) is 0 Å². The number of hydrogen-bond acceptors (Lipinski definition) is 0. The van der Waals surface area contributed by atoms with E-state index in [0.29, 0.717) is 0 Å². The highest BCUT2D eigenvalue weighted by molar-refractivity contribution is 5.79. The predicted molar refractivity (Wildman–Crippen MR) is 67.5 cm³/mol. The summed E-state index contributed by atoms with van der Waals surface area (Å²) in [7, 11) is 4.22. The molecule has 0 saturated heterocycles. The van der Waals surface area contributed by atoms with Gasteiger partial charge in [-0.15, -0.1) is 7.05 Å². The lowest BCUT2D eigenvalue weighted by Gasteiger charge is -2.21. The lowest BCUT2D eigenvalue weighted by molar-refractivity contribution is -0.705. The minimum atomic E-state index is 1.11. The normalized spacial score (nSPS) is 14.1. The molecule has 0 atom stereocenters. The maximum atomic E-state index is 4.22. The van der Waals surface area contributed by atoms with Gasteiger partial charge in [-0.2, -0.15) is 0 Å². The van der Waals surface area contributed by atoms with Crippen molar-refractivity contribution in [2.75, 3.05) is 0 Å². The Labute approximate surface area is 95.6 Å². The van der Waals surface area contributed by atoms with Crippen molar-refractivity contribution in [3.8, 4) is 0 Å². The van der Waals surface area contributed by atoms with E-state index in [1.54, 1.807) is 0 Å². The molecule has 0 radical (unpaired) electrons. The van der Waals surface area contributed by atoms with Crippen molar-refractivity contribution in [3.63, 3.8) is 0 Å². The summed E-state index contributed by atoms with van der Waals surface area (Å²) < 4.78 is 0. The number of hydrogen-bond donors (Lipinski definition) is 1. The second-order valence-corrected chi connectivity index (χ2v) is 3.99. The van der Waals surface area contributed by atoms with E-state index in [2.05, 4.69) is 67.7 Å². The van der Waals surface area contributed by atoms with Gasteiger partial charge in [0.25, 0.3) is 0 Å². The van der Waals surface area contributed by atoms with Crippen LogP contribution in [0.2, 0.25) is 0 Å². The summed E-state index contributed by atoms with van der Waals surface area (Å²) in [6.07, 6.45) is 4.32. The first-order valence-corrected chi connectivity index (χ1v) is 5.42. The van der Waals surface area contributed by atoms with Crippen LogP contribution < -0.4 is 4.90 Å². The summed E-state index contributed by atoms with van der Waals surface area (Å²) in [5.74, 6) is 0. The summed E-state index contributed by atoms with van der Waals surface area (Å²) >= 11 is 0. The fraction of sp³-hybridized carbons (Fsp3) is 0. The van der Waals surface area contributed by atoms with Gasteiger partial charge in [-0.3, -0.25) is 0 Å². The van der Waals surface area contributed by atoms with Crippen LogP contribution in [-0.2, 0) is 0 Å². The Kier molecular flexibility index (Phi) is 2.12. The number of nitrogens with one attached hydrogen (secondary N) is 1. The Morgan fingerprint density at radius 1 is 0.688 bits per heavy atom. The summed E-state index contributed by atoms with van der Waals surface area (Å²) in [6.45, 7) is 0. The van der Waals surface area contributed by atoms with Crippen LogP contribution in [0.4, 0.5) is 11.4 Å². The highest BCUT2D eigenvalue weighted by Crippen LogP contribution is 2.23. The van der Waals surface area contributed by atoms with Gasteiger partial charge in [-0.1, -0.05) is 24.3 Å². The van der Waals surface area contributed by atoms with Crippen molar-refractivity contribution in [3.05, 3.63) is 66.7 Å². The maximum Gasteiger partial charge on any atom is 0.117 e. The van der Waals surface area contributed by atoms with E-state index in [0.717, 1.165) is 4.90 Å². The Balaban J connectivity index is 2.26. The second-order valence-electron chi connectivity index (χ2n) is 3.99. The fourth-order valence-electron chi connectivity index (χ4n) is 2.16. The second kappa shape index (κ2) is 3.62. The molecule has 2 aromatic rings. The van der Waals surface area contributed by atoms with Crippen molar-refractivity contribution < 1.29 is 4.90 Å². The average Bonchev–Trinajstić information content (AvgIpc) is 2.49. The van der Waals surface area contributed by atoms with E-state index >= 15 is 0 Å². The molecule has 0 saturated carbocycles. The van der Waals surface area contributed by atoms with E-state index in [9.17, 15) is 0 Å². The van der Waals surface area contributed by atoms with Crippen LogP contribution in [0, 0.1) is 7.05 Å². The van der Waals surface area contributed by atoms with Crippen molar-refractivity contribution >= 4 is 23.5 Å². The van der Waals surface area contributed by atoms with E-state index in [1.165, 1.54) is 22.5 Å². The molecule has 0 bridgehead atoms. The molecule has 1 N–H and O–H groups in total. The van der Waals surface area contributed by atoms with Crippen LogP contribution >= 0.6 is 0 Å². The molecule has 1 aliphatic rings. The largest absolute Gasteiger partial charge is 0.401 e. The van der Waals surface area contributed by atoms with Gasteiger partial charge in [0.05, 0.1) is 0 Å². The van der Waals surface area contributed by atoms with Gasteiger partial charge in [-0.05, 0) is 36.4 Å². The van der Waals surface area contributed by atoms with Crippen LogP contribution in [0.25, 0.3) is 12.2 Å². The number of fused-ring (bicyclic) bond motifs is 2. The molecular formula is C15H13N. The number of para-hydroxylation sites is 2. The van der Waals surface area contributed by atoms with Crippen LogP contribution in [0.5, 0.6) is 0 Å². The molecule has 16 heavy (non-hydrogen) atoms. The zero-order valence-corrected chi connectivity index (χ0v) is 8.98. The minimum absolute atomic E-state index is 1.11. The monoisotopic (exact) mass is 207 g/mol. The summed E-state index contributed by atoms with van der Waals surface area (Å²) in [5.41, 5.74) is 4.93. The Morgan fingerprint density at radius 2 is 1.12 bits per heavy atom. The SMILES string of the molecule is [CH2-][NH+]1c2ccccc2C=Cc2ccccc21. The minimum Gasteiger partial charge on any atom is -0.401 e. The smallest absolute Gasteiger partial charge is 0.117 e. The lowest BCUT2D eigenvalue weighted by atomic mass is 10.1. The molecule has 0 unspecified atom stereocenters. The molecule has 0 aromatic heterocycles. The molecule has 1 aliphatic heterocycles. The fourth-order valence-corrected chi connectivity index (χ4v) is 2.16. The number of rotatable bonds is 0. The van der Waals surface area contributed by atoms with Crippen LogP contribution in [0.1, 0.15) is 11.1 Å². The number of quaternary nitrogens is 1. The molecule has 0 amide bonds. The molecule has 0 fully saturated rings. The van der Waals surface area contributed by atoms with Crippen LogP contribution in [0.15, 0.2) is 48.5 Å². The molecule has 3 rings (SSSR count). The van der Waals surface area contributed by atoms with Crippen molar-refractivity contribution in [1.82, 2.24) is 0 Å². The zero-order chi connectivity index (χ0) is 11.0. The van der Waals surface area contributed by atoms with Gasteiger partial charge in [-0.25, -0.2) is 0 Å². The van der Waals surface area contributed by atoms with Gasteiger partial charge in [0.2, 0.25) is 0 Å². The third-order valence-corrected chi connectivity index (χ3v) is 3.01. The first-order chi connectivity index (χ1) is 7.86. The molecular weight excluding hydrogens is 194 g/mol. The molecule has 0 spiro atoms. The van der Waals surface area contributed by atoms with Crippen LogP contribution in [0.3, 0.4) is 0 Å². The van der Waals surface area contributed by atoms with Gasteiger partial charge in [0.1, 0.15) is 11.4 Å². The van der Waals surface area contributed by atoms with Crippen molar-refractivity contribution in [2.24, 2.45) is 0 Å². The Bertz CT molecular complexity index is 505. The quantitative estimate of drug-likeness (QED) is 0.634. The van der Waals surface area contributed by atoms with E-state index < -0.39 is 0 Å². The van der Waals surface area contributed by atoms with Crippen molar-refractivity contribution in [1.29, 1.82) is 0 Å². The molecule has 1 heterocycles. The summed E-state index contributed by atoms with van der Waals surface area (Å²) in [4.78, 5) is 1.11. The summed E-state index contributed by atoms with van der Waals surface area (Å²) in [6, 6.07) is 16.8. The lowest BCUT2D eigenvalue weighted by Crippen LogP contribution is -2.96. The van der Waals surface area contributed by atoms with Gasteiger partial charge < -0.3 is 4.90 Å². The Hall–Kier alpha value is -1.86. The van der Waals surface area contributed by atoms with Crippen molar-refractivity contribution in [2.45, 2.75) is 0 Å². The van der Waals surface area contributed by atoms with Gasteiger partial charge in [0.15, 0.2) is 0 Å². The highest BCUT2D eigenvalue weighted by Gasteiger charge is 2.14. The third-order valence-electron chi connectivity index (χ3n) is 3.01. The third kappa shape index (κ3) is 1.37. The highest BCUT2D eigenvalue weighted by atomic mass is 15.1. The first-order valence-electron chi connectivity index (χ1n) is 5.42. The topological polar surface area (TPSA) is 4.44 Å². The first kappa shape index (κ1) is 9.37. The molecule has 1 heteroatoms. The predicted octanol–water partition coefficient (Wildman–Crippen LogP) is 2.81. The van der Waals surface area contributed by atoms with E-state index in [-0.39, 0.29) is 0 Å². The van der Waals surface area contributed by atoms with Gasteiger partial charge >= 0.3 is 0 Å². The standard InChI is InChI=1S/C15H13N/c1-16-14-8-4-2-6-12(14)10-11-13-7-3-5-9-15(13)16/h2-11,16H,1H2. The number of benzene rings is 2. The maximum absolute atomic E-state index is 4.22. The molecule has 1 nitrogen and oxygen atoms in total. The average molecular weight is 207 g/mol. The molecule has 2 aromatic carbocycles. The summed E-state index contributed by atoms with van der Waals surface area (Å²) in [5, 5.41) is 0. The Morgan fingerprint density at radius 3 is 1.62 bits per heavy atom. The molecule has 78 valence electrons.